The Kier molecular flexibility index (Phi) is 4.62. The van der Waals surface area contributed by atoms with Crippen molar-refractivity contribution < 1.29 is 0 Å². The first kappa shape index (κ1) is 13.4. The van der Waals surface area contributed by atoms with Crippen LogP contribution in [0.15, 0.2) is 18.3 Å². The molecule has 1 fully saturated rings. The van der Waals surface area contributed by atoms with E-state index in [1.807, 2.05) is 0 Å². The predicted molar refractivity (Wildman–Crippen MR) is 78.2 cm³/mol. The summed E-state index contributed by atoms with van der Waals surface area (Å²) in [6, 6.07) is 4.46. The van der Waals surface area contributed by atoms with Gasteiger partial charge in [0.15, 0.2) is 0 Å². The molecule has 2 nitrogen and oxygen atoms in total. The Labute approximate surface area is 111 Å². The molecule has 1 aromatic heterocycles. The van der Waals surface area contributed by atoms with Crippen molar-refractivity contribution in [2.45, 2.75) is 52.4 Å². The topological polar surface area (TPSA) is 16.1 Å². The molecule has 0 spiro atoms. The van der Waals surface area contributed by atoms with Gasteiger partial charge in [-0.2, -0.15) is 0 Å². The minimum Gasteiger partial charge on any atom is -0.370 e. The van der Waals surface area contributed by atoms with Gasteiger partial charge < -0.3 is 4.90 Å². The van der Waals surface area contributed by atoms with Gasteiger partial charge in [-0.3, -0.25) is 4.98 Å². The SMILES string of the molecule is CCC1CCCN(c2ccc(C(C)CC)nc2)C1. The van der Waals surface area contributed by atoms with Crippen molar-refractivity contribution in [1.82, 2.24) is 4.98 Å². The van der Waals surface area contributed by atoms with Crippen LogP contribution in [0, 0.1) is 5.92 Å². The van der Waals surface area contributed by atoms with E-state index in [1.165, 1.54) is 43.7 Å². The smallest absolute Gasteiger partial charge is 0.0553 e. The van der Waals surface area contributed by atoms with Crippen molar-refractivity contribution in [1.29, 1.82) is 0 Å². The largest absolute Gasteiger partial charge is 0.370 e. The predicted octanol–water partition coefficient (Wildman–Crippen LogP) is 4.22. The van der Waals surface area contributed by atoms with E-state index in [0.29, 0.717) is 5.92 Å². The van der Waals surface area contributed by atoms with E-state index in [2.05, 4.69) is 49.0 Å². The van der Waals surface area contributed by atoms with Crippen LogP contribution in [0.1, 0.15) is 58.1 Å². The molecule has 1 aromatic rings. The standard InChI is InChI=1S/C16H26N2/c1-4-13(3)16-9-8-15(11-17-16)18-10-6-7-14(5-2)12-18/h8-9,11,13-14H,4-7,10,12H2,1-3H3. The summed E-state index contributed by atoms with van der Waals surface area (Å²) in [6.07, 6.45) is 7.25. The summed E-state index contributed by atoms with van der Waals surface area (Å²) >= 11 is 0. The Hall–Kier alpha value is -1.05. The minimum absolute atomic E-state index is 0.573. The quantitative estimate of drug-likeness (QED) is 0.790. The summed E-state index contributed by atoms with van der Waals surface area (Å²) in [6.45, 7) is 9.17. The van der Waals surface area contributed by atoms with E-state index in [1.54, 1.807) is 0 Å². The molecule has 0 bridgehead atoms. The molecule has 18 heavy (non-hydrogen) atoms. The van der Waals surface area contributed by atoms with E-state index in [4.69, 9.17) is 0 Å². The Morgan fingerprint density at radius 2 is 2.22 bits per heavy atom. The number of rotatable bonds is 4. The lowest BCUT2D eigenvalue weighted by Gasteiger charge is -2.33. The third-order valence-corrected chi connectivity index (χ3v) is 4.35. The summed E-state index contributed by atoms with van der Waals surface area (Å²) in [5, 5.41) is 0. The third kappa shape index (κ3) is 3.04. The lowest BCUT2D eigenvalue weighted by atomic mass is 9.95. The van der Waals surface area contributed by atoms with E-state index in [-0.39, 0.29) is 0 Å². The summed E-state index contributed by atoms with van der Waals surface area (Å²) in [7, 11) is 0. The van der Waals surface area contributed by atoms with Crippen LogP contribution in [0.3, 0.4) is 0 Å². The van der Waals surface area contributed by atoms with Crippen LogP contribution in [-0.2, 0) is 0 Å². The van der Waals surface area contributed by atoms with Gasteiger partial charge in [0.2, 0.25) is 0 Å². The fourth-order valence-corrected chi connectivity index (χ4v) is 2.72. The maximum atomic E-state index is 4.63. The van der Waals surface area contributed by atoms with Gasteiger partial charge in [-0.15, -0.1) is 0 Å². The van der Waals surface area contributed by atoms with Crippen LogP contribution >= 0.6 is 0 Å². The average molecular weight is 246 g/mol. The fourth-order valence-electron chi connectivity index (χ4n) is 2.72. The van der Waals surface area contributed by atoms with Crippen molar-refractivity contribution in [3.63, 3.8) is 0 Å². The van der Waals surface area contributed by atoms with Crippen LogP contribution in [0.2, 0.25) is 0 Å². The van der Waals surface area contributed by atoms with Crippen LogP contribution < -0.4 is 4.90 Å². The molecular weight excluding hydrogens is 220 g/mol. The maximum absolute atomic E-state index is 4.63. The highest BCUT2D eigenvalue weighted by Crippen LogP contribution is 2.25. The van der Waals surface area contributed by atoms with Crippen LogP contribution in [0.4, 0.5) is 5.69 Å². The second-order valence-corrected chi connectivity index (χ2v) is 5.61. The zero-order chi connectivity index (χ0) is 13.0. The molecule has 0 N–H and O–H groups in total. The number of nitrogens with zero attached hydrogens (tertiary/aromatic N) is 2. The minimum atomic E-state index is 0.573. The van der Waals surface area contributed by atoms with Crippen molar-refractivity contribution in [2.24, 2.45) is 5.92 Å². The van der Waals surface area contributed by atoms with Crippen LogP contribution in [-0.4, -0.2) is 18.1 Å². The molecule has 1 aliphatic heterocycles. The molecule has 0 radical (unpaired) electrons. The van der Waals surface area contributed by atoms with E-state index < -0.39 is 0 Å². The molecule has 2 atom stereocenters. The van der Waals surface area contributed by atoms with Crippen molar-refractivity contribution in [3.8, 4) is 0 Å². The zero-order valence-corrected chi connectivity index (χ0v) is 12.0. The molecule has 1 aliphatic rings. The summed E-state index contributed by atoms with van der Waals surface area (Å²) < 4.78 is 0. The Morgan fingerprint density at radius 1 is 1.39 bits per heavy atom. The molecule has 0 aromatic carbocycles. The number of anilines is 1. The normalized spacial score (nSPS) is 21.9. The highest BCUT2D eigenvalue weighted by Gasteiger charge is 2.19. The van der Waals surface area contributed by atoms with Crippen molar-refractivity contribution in [2.75, 3.05) is 18.0 Å². The molecule has 2 heterocycles. The molecule has 0 saturated carbocycles. The zero-order valence-electron chi connectivity index (χ0n) is 12.0. The Balaban J connectivity index is 2.04. The lowest BCUT2D eigenvalue weighted by Crippen LogP contribution is -2.35. The Morgan fingerprint density at radius 3 is 2.83 bits per heavy atom. The number of piperidine rings is 1. The molecule has 100 valence electrons. The van der Waals surface area contributed by atoms with Gasteiger partial charge in [-0.1, -0.05) is 27.2 Å². The van der Waals surface area contributed by atoms with Crippen LogP contribution in [0.5, 0.6) is 0 Å². The Bertz CT molecular complexity index is 358. The number of hydrogen-bond donors (Lipinski definition) is 0. The molecule has 2 heteroatoms. The van der Waals surface area contributed by atoms with Crippen molar-refractivity contribution >= 4 is 5.69 Å². The van der Waals surface area contributed by atoms with Gasteiger partial charge in [0.1, 0.15) is 0 Å². The maximum Gasteiger partial charge on any atom is 0.0553 e. The van der Waals surface area contributed by atoms with Gasteiger partial charge in [0.25, 0.3) is 0 Å². The highest BCUT2D eigenvalue weighted by molar-refractivity contribution is 5.45. The monoisotopic (exact) mass is 246 g/mol. The first-order chi connectivity index (χ1) is 8.74. The van der Waals surface area contributed by atoms with E-state index in [9.17, 15) is 0 Å². The summed E-state index contributed by atoms with van der Waals surface area (Å²) in [4.78, 5) is 7.14. The van der Waals surface area contributed by atoms with Crippen molar-refractivity contribution in [3.05, 3.63) is 24.0 Å². The second-order valence-electron chi connectivity index (χ2n) is 5.61. The second kappa shape index (κ2) is 6.21. The average Bonchev–Trinajstić information content (AvgIpc) is 2.46. The summed E-state index contributed by atoms with van der Waals surface area (Å²) in [5.74, 6) is 1.44. The number of pyridine rings is 1. The number of aromatic nitrogens is 1. The van der Waals surface area contributed by atoms with E-state index >= 15 is 0 Å². The third-order valence-electron chi connectivity index (χ3n) is 4.35. The molecular formula is C16H26N2. The molecule has 2 unspecified atom stereocenters. The highest BCUT2D eigenvalue weighted by atomic mass is 15.1. The van der Waals surface area contributed by atoms with Gasteiger partial charge >= 0.3 is 0 Å². The lowest BCUT2D eigenvalue weighted by molar-refractivity contribution is 0.404. The van der Waals surface area contributed by atoms with Crippen LogP contribution in [0.25, 0.3) is 0 Å². The van der Waals surface area contributed by atoms with Gasteiger partial charge in [0, 0.05) is 18.8 Å². The van der Waals surface area contributed by atoms with Gasteiger partial charge in [-0.25, -0.2) is 0 Å². The molecule has 0 amide bonds. The van der Waals surface area contributed by atoms with Gasteiger partial charge in [-0.05, 0) is 43.2 Å². The summed E-state index contributed by atoms with van der Waals surface area (Å²) in [5.41, 5.74) is 2.53. The first-order valence-corrected chi connectivity index (χ1v) is 7.45. The molecule has 1 saturated heterocycles. The molecule has 2 rings (SSSR count). The molecule has 0 aliphatic carbocycles. The number of hydrogen-bond acceptors (Lipinski definition) is 2. The van der Waals surface area contributed by atoms with E-state index in [0.717, 1.165) is 12.3 Å². The fraction of sp³-hybridized carbons (Fsp3) is 0.688. The van der Waals surface area contributed by atoms with Gasteiger partial charge in [0.05, 0.1) is 11.9 Å². The first-order valence-electron chi connectivity index (χ1n) is 7.45.